The Morgan fingerprint density at radius 3 is 2.16 bits per heavy atom. The van der Waals surface area contributed by atoms with Crippen molar-refractivity contribution in [3.8, 4) is 0 Å². The number of carboxylic acids is 1. The molecule has 0 aliphatic rings. The van der Waals surface area contributed by atoms with Crippen LogP contribution >= 0.6 is 11.6 Å². The molecule has 3 rings (SSSR count). The summed E-state index contributed by atoms with van der Waals surface area (Å²) in [5.41, 5.74) is 1.32. The van der Waals surface area contributed by atoms with Crippen LogP contribution in [0.3, 0.4) is 0 Å². The van der Waals surface area contributed by atoms with Crippen LogP contribution in [0.2, 0.25) is 5.02 Å². The monoisotopic (exact) mass is 579 g/mol. The standard InChI is InChI=1S/C25H26ClN3O7S2/c1-37(33,34)14-12-23(28-38(35,36)22-10-8-21(26)9-11-22)24(30)29(17-19-3-2-13-27-15-19)16-18-4-6-20(7-5-18)25(31)32/h2-11,13,15,23,28H,12,14,16-17H2,1H3,(H,31,32)/t23-/m1/s1. The maximum absolute atomic E-state index is 13.8. The van der Waals surface area contributed by atoms with E-state index in [0.29, 0.717) is 16.1 Å². The van der Waals surface area contributed by atoms with Gasteiger partial charge in [0.05, 0.1) is 16.2 Å². The van der Waals surface area contributed by atoms with Gasteiger partial charge in [-0.3, -0.25) is 9.78 Å². The van der Waals surface area contributed by atoms with Crippen LogP contribution in [0.1, 0.15) is 27.9 Å². The van der Waals surface area contributed by atoms with E-state index in [9.17, 15) is 26.4 Å². The van der Waals surface area contributed by atoms with Gasteiger partial charge in [0.1, 0.15) is 15.9 Å². The highest BCUT2D eigenvalue weighted by Crippen LogP contribution is 2.18. The summed E-state index contributed by atoms with van der Waals surface area (Å²) in [6, 6.07) is 13.3. The fourth-order valence-corrected chi connectivity index (χ4v) is 5.56. The fourth-order valence-electron chi connectivity index (χ4n) is 3.55. The van der Waals surface area contributed by atoms with Gasteiger partial charge in [-0.05, 0) is 60.0 Å². The van der Waals surface area contributed by atoms with Crippen molar-refractivity contribution in [2.24, 2.45) is 0 Å². The zero-order chi connectivity index (χ0) is 27.9. The Bertz CT molecular complexity index is 1480. The quantitative estimate of drug-likeness (QED) is 0.332. The minimum atomic E-state index is -4.21. The van der Waals surface area contributed by atoms with Gasteiger partial charge < -0.3 is 10.0 Å². The molecule has 10 nitrogen and oxygen atoms in total. The Labute approximate surface area is 226 Å². The Morgan fingerprint density at radius 2 is 1.61 bits per heavy atom. The van der Waals surface area contributed by atoms with Crippen LogP contribution in [0.4, 0.5) is 0 Å². The molecule has 1 atom stereocenters. The molecule has 38 heavy (non-hydrogen) atoms. The molecule has 2 N–H and O–H groups in total. The van der Waals surface area contributed by atoms with E-state index in [1.807, 2.05) is 0 Å². The summed E-state index contributed by atoms with van der Waals surface area (Å²) in [7, 11) is -7.74. The van der Waals surface area contributed by atoms with E-state index < -0.39 is 43.5 Å². The molecule has 0 saturated heterocycles. The number of aromatic nitrogens is 1. The lowest BCUT2D eigenvalue weighted by atomic mass is 10.1. The number of pyridine rings is 1. The van der Waals surface area contributed by atoms with Gasteiger partial charge in [0, 0.05) is 36.8 Å². The van der Waals surface area contributed by atoms with Crippen molar-refractivity contribution >= 4 is 43.3 Å². The number of rotatable bonds is 12. The smallest absolute Gasteiger partial charge is 0.335 e. The van der Waals surface area contributed by atoms with E-state index in [0.717, 1.165) is 6.26 Å². The second kappa shape index (κ2) is 12.5. The first-order chi connectivity index (χ1) is 17.8. The molecule has 0 unspecified atom stereocenters. The number of amides is 1. The van der Waals surface area contributed by atoms with Crippen LogP contribution in [0.25, 0.3) is 0 Å². The van der Waals surface area contributed by atoms with Crippen molar-refractivity contribution < 1.29 is 31.5 Å². The second-order valence-electron chi connectivity index (χ2n) is 8.60. The molecule has 2 aromatic carbocycles. The van der Waals surface area contributed by atoms with Crippen molar-refractivity contribution in [3.05, 3.63) is 94.8 Å². The average Bonchev–Trinajstić information content (AvgIpc) is 2.86. The summed E-state index contributed by atoms with van der Waals surface area (Å²) < 4.78 is 52.3. The van der Waals surface area contributed by atoms with Crippen LogP contribution in [0, 0.1) is 0 Å². The van der Waals surface area contributed by atoms with Gasteiger partial charge in [0.15, 0.2) is 0 Å². The molecule has 3 aromatic rings. The molecule has 0 aliphatic carbocycles. The Kier molecular flexibility index (Phi) is 9.60. The minimum absolute atomic E-state index is 0.00563. The van der Waals surface area contributed by atoms with Gasteiger partial charge in [-0.1, -0.05) is 29.8 Å². The predicted molar refractivity (Wildman–Crippen MR) is 142 cm³/mol. The zero-order valence-corrected chi connectivity index (χ0v) is 22.7. The molecular weight excluding hydrogens is 554 g/mol. The predicted octanol–water partition coefficient (Wildman–Crippen LogP) is 2.74. The number of sulfone groups is 1. The molecule has 0 fully saturated rings. The maximum atomic E-state index is 13.8. The molecule has 0 radical (unpaired) electrons. The average molecular weight is 580 g/mol. The number of sulfonamides is 1. The number of carboxylic acid groups (broad SMARTS) is 1. The van der Waals surface area contributed by atoms with E-state index in [4.69, 9.17) is 16.7 Å². The fraction of sp³-hybridized carbons (Fsp3) is 0.240. The number of nitrogens with zero attached hydrogens (tertiary/aromatic N) is 2. The summed E-state index contributed by atoms with van der Waals surface area (Å²) in [5.74, 6) is -2.18. The SMILES string of the molecule is CS(=O)(=O)CC[C@@H](NS(=O)(=O)c1ccc(Cl)cc1)C(=O)N(Cc1ccc(C(=O)O)cc1)Cc1cccnc1. The van der Waals surface area contributed by atoms with Gasteiger partial charge in [-0.15, -0.1) is 0 Å². The van der Waals surface area contributed by atoms with Crippen molar-refractivity contribution in [1.29, 1.82) is 0 Å². The normalized spacial score (nSPS) is 12.6. The molecule has 1 aromatic heterocycles. The Hall–Kier alpha value is -3.32. The van der Waals surface area contributed by atoms with Crippen molar-refractivity contribution in [3.63, 3.8) is 0 Å². The first-order valence-corrected chi connectivity index (χ1v) is 15.2. The summed E-state index contributed by atoms with van der Waals surface area (Å²) >= 11 is 5.86. The van der Waals surface area contributed by atoms with Gasteiger partial charge in [-0.25, -0.2) is 21.6 Å². The lowest BCUT2D eigenvalue weighted by Gasteiger charge is -2.28. The number of nitrogens with one attached hydrogen (secondary N) is 1. The topological polar surface area (TPSA) is 151 Å². The summed E-state index contributed by atoms with van der Waals surface area (Å²) in [6.07, 6.45) is 3.82. The number of carbonyl (C=O) groups excluding carboxylic acids is 1. The first kappa shape index (κ1) is 29.2. The number of hydrogen-bond donors (Lipinski definition) is 2. The van der Waals surface area contributed by atoms with Gasteiger partial charge >= 0.3 is 5.97 Å². The summed E-state index contributed by atoms with van der Waals surface area (Å²) in [6.45, 7) is 0.0527. The first-order valence-electron chi connectivity index (χ1n) is 11.3. The van der Waals surface area contributed by atoms with E-state index >= 15 is 0 Å². The van der Waals surface area contributed by atoms with Gasteiger partial charge in [-0.2, -0.15) is 4.72 Å². The largest absolute Gasteiger partial charge is 0.478 e. The van der Waals surface area contributed by atoms with Crippen LogP contribution in [0.5, 0.6) is 0 Å². The maximum Gasteiger partial charge on any atom is 0.335 e. The summed E-state index contributed by atoms with van der Waals surface area (Å²) in [4.78, 5) is 30.3. The van der Waals surface area contributed by atoms with E-state index in [-0.39, 0.29) is 30.0 Å². The number of benzene rings is 2. The molecule has 1 heterocycles. The zero-order valence-electron chi connectivity index (χ0n) is 20.3. The molecule has 0 aliphatic heterocycles. The number of carbonyl (C=O) groups is 2. The highest BCUT2D eigenvalue weighted by Gasteiger charge is 2.30. The van der Waals surface area contributed by atoms with E-state index in [1.165, 1.54) is 41.3 Å². The summed E-state index contributed by atoms with van der Waals surface area (Å²) in [5, 5.41) is 9.49. The molecule has 0 bridgehead atoms. The van der Waals surface area contributed by atoms with Crippen molar-refractivity contribution in [2.75, 3.05) is 12.0 Å². The molecule has 0 spiro atoms. The third kappa shape index (κ3) is 8.62. The van der Waals surface area contributed by atoms with Crippen LogP contribution < -0.4 is 4.72 Å². The molecular formula is C25H26ClN3O7S2. The minimum Gasteiger partial charge on any atom is -0.478 e. The van der Waals surface area contributed by atoms with Crippen LogP contribution in [-0.2, 0) is 37.7 Å². The molecule has 202 valence electrons. The Balaban J connectivity index is 1.95. The Morgan fingerprint density at radius 1 is 0.974 bits per heavy atom. The second-order valence-corrected chi connectivity index (χ2v) is 13.0. The van der Waals surface area contributed by atoms with Gasteiger partial charge in [0.2, 0.25) is 15.9 Å². The highest BCUT2D eigenvalue weighted by molar-refractivity contribution is 7.90. The molecule has 13 heteroatoms. The number of hydrogen-bond acceptors (Lipinski definition) is 7. The van der Waals surface area contributed by atoms with Crippen LogP contribution in [-0.4, -0.2) is 61.8 Å². The molecule has 1 amide bonds. The third-order valence-corrected chi connectivity index (χ3v) is 8.20. The van der Waals surface area contributed by atoms with Crippen molar-refractivity contribution in [2.45, 2.75) is 30.4 Å². The van der Waals surface area contributed by atoms with Crippen LogP contribution in [0.15, 0.2) is 78.0 Å². The van der Waals surface area contributed by atoms with E-state index in [1.54, 1.807) is 36.7 Å². The lowest BCUT2D eigenvalue weighted by Crippen LogP contribution is -2.48. The lowest BCUT2D eigenvalue weighted by molar-refractivity contribution is -0.134. The molecule has 0 saturated carbocycles. The number of halogens is 1. The van der Waals surface area contributed by atoms with E-state index in [2.05, 4.69) is 9.71 Å². The number of aromatic carboxylic acids is 1. The van der Waals surface area contributed by atoms with Crippen molar-refractivity contribution in [1.82, 2.24) is 14.6 Å². The van der Waals surface area contributed by atoms with Gasteiger partial charge in [0.25, 0.3) is 0 Å². The highest BCUT2D eigenvalue weighted by atomic mass is 35.5. The third-order valence-electron chi connectivity index (χ3n) is 5.48.